The summed E-state index contributed by atoms with van der Waals surface area (Å²) >= 11 is 0. The molecule has 0 radical (unpaired) electrons. The fraction of sp³-hybridized carbons (Fsp3) is 0.444. The molecule has 6 heteroatoms. The van der Waals surface area contributed by atoms with Gasteiger partial charge in [-0.2, -0.15) is 5.10 Å². The number of methoxy groups -OCH3 is 1. The quantitative estimate of drug-likeness (QED) is 0.856. The minimum Gasteiger partial charge on any atom is -0.497 e. The van der Waals surface area contributed by atoms with E-state index in [2.05, 4.69) is 22.1 Å². The Kier molecular flexibility index (Phi) is 4.74. The van der Waals surface area contributed by atoms with Gasteiger partial charge in [-0.05, 0) is 37.3 Å². The normalized spacial score (nSPS) is 14.8. The number of hydrogen-bond acceptors (Lipinski definition) is 4. The van der Waals surface area contributed by atoms with Crippen molar-refractivity contribution in [1.29, 1.82) is 0 Å². The molecule has 1 aromatic carbocycles. The van der Waals surface area contributed by atoms with E-state index in [1.807, 2.05) is 37.1 Å². The summed E-state index contributed by atoms with van der Waals surface area (Å²) in [4.78, 5) is 16.8. The molecule has 1 fully saturated rings. The van der Waals surface area contributed by atoms with E-state index in [-0.39, 0.29) is 5.91 Å². The maximum absolute atomic E-state index is 12.5. The van der Waals surface area contributed by atoms with Crippen LogP contribution in [0.1, 0.15) is 11.4 Å². The summed E-state index contributed by atoms with van der Waals surface area (Å²) in [6.45, 7) is 5.15. The molecule has 1 saturated heterocycles. The number of nitrogens with zero attached hydrogens (tertiary/aromatic N) is 4. The lowest BCUT2D eigenvalue weighted by Crippen LogP contribution is -2.49. The Morgan fingerprint density at radius 1 is 1.17 bits per heavy atom. The first kappa shape index (κ1) is 16.4. The maximum Gasteiger partial charge on any atom is 0.228 e. The van der Waals surface area contributed by atoms with Crippen molar-refractivity contribution >= 4 is 11.6 Å². The summed E-state index contributed by atoms with van der Waals surface area (Å²) in [5.74, 6) is 1.03. The SMILES string of the molecule is COc1ccc(N2CCN(C(=O)Cc3cc(C)nn3C)CC2)cc1. The third-order valence-electron chi connectivity index (χ3n) is 4.50. The lowest BCUT2D eigenvalue weighted by Gasteiger charge is -2.36. The molecular formula is C18H24N4O2. The van der Waals surface area contributed by atoms with Gasteiger partial charge in [0.15, 0.2) is 0 Å². The number of piperazine rings is 1. The van der Waals surface area contributed by atoms with Gasteiger partial charge in [-0.1, -0.05) is 0 Å². The van der Waals surface area contributed by atoms with Crippen LogP contribution in [0.5, 0.6) is 5.75 Å². The molecule has 128 valence electrons. The number of carbonyl (C=O) groups excluding carboxylic acids is 1. The monoisotopic (exact) mass is 328 g/mol. The van der Waals surface area contributed by atoms with Gasteiger partial charge in [-0.25, -0.2) is 0 Å². The van der Waals surface area contributed by atoms with E-state index in [1.165, 1.54) is 5.69 Å². The minimum atomic E-state index is 0.174. The highest BCUT2D eigenvalue weighted by atomic mass is 16.5. The van der Waals surface area contributed by atoms with Gasteiger partial charge < -0.3 is 14.5 Å². The molecule has 0 atom stereocenters. The second kappa shape index (κ2) is 6.95. The zero-order valence-corrected chi connectivity index (χ0v) is 14.5. The van der Waals surface area contributed by atoms with Crippen molar-refractivity contribution in [3.63, 3.8) is 0 Å². The molecule has 2 heterocycles. The highest BCUT2D eigenvalue weighted by Gasteiger charge is 2.22. The van der Waals surface area contributed by atoms with Crippen LogP contribution in [0.15, 0.2) is 30.3 Å². The van der Waals surface area contributed by atoms with Crippen LogP contribution >= 0.6 is 0 Å². The first-order chi connectivity index (χ1) is 11.6. The maximum atomic E-state index is 12.5. The number of aryl methyl sites for hydroxylation is 2. The highest BCUT2D eigenvalue weighted by molar-refractivity contribution is 5.78. The van der Waals surface area contributed by atoms with Crippen LogP contribution in [0.4, 0.5) is 5.69 Å². The Hall–Kier alpha value is -2.50. The molecule has 1 aromatic heterocycles. The van der Waals surface area contributed by atoms with E-state index in [0.717, 1.165) is 43.3 Å². The topological polar surface area (TPSA) is 50.6 Å². The summed E-state index contributed by atoms with van der Waals surface area (Å²) in [5, 5.41) is 4.30. The molecule has 24 heavy (non-hydrogen) atoms. The van der Waals surface area contributed by atoms with Gasteiger partial charge in [-0.3, -0.25) is 9.48 Å². The lowest BCUT2D eigenvalue weighted by molar-refractivity contribution is -0.130. The van der Waals surface area contributed by atoms with E-state index in [9.17, 15) is 4.79 Å². The molecule has 0 spiro atoms. The van der Waals surface area contributed by atoms with Gasteiger partial charge >= 0.3 is 0 Å². The summed E-state index contributed by atoms with van der Waals surface area (Å²) in [6.07, 6.45) is 0.417. The van der Waals surface area contributed by atoms with E-state index in [0.29, 0.717) is 6.42 Å². The molecular weight excluding hydrogens is 304 g/mol. The number of aromatic nitrogens is 2. The highest BCUT2D eigenvalue weighted by Crippen LogP contribution is 2.20. The van der Waals surface area contributed by atoms with Crippen molar-refractivity contribution < 1.29 is 9.53 Å². The Morgan fingerprint density at radius 2 is 1.83 bits per heavy atom. The molecule has 0 N–H and O–H groups in total. The van der Waals surface area contributed by atoms with Gasteiger partial charge in [0.1, 0.15) is 5.75 Å². The molecule has 1 aliphatic rings. The van der Waals surface area contributed by atoms with Gasteiger partial charge in [0, 0.05) is 44.6 Å². The molecule has 6 nitrogen and oxygen atoms in total. The van der Waals surface area contributed by atoms with Crippen LogP contribution in [0.3, 0.4) is 0 Å². The minimum absolute atomic E-state index is 0.174. The zero-order chi connectivity index (χ0) is 17.1. The molecule has 0 aliphatic carbocycles. The van der Waals surface area contributed by atoms with Gasteiger partial charge in [0.2, 0.25) is 5.91 Å². The summed E-state index contributed by atoms with van der Waals surface area (Å²) in [6, 6.07) is 10.0. The number of amides is 1. The average Bonchev–Trinajstić information content (AvgIpc) is 2.92. The van der Waals surface area contributed by atoms with Crippen LogP contribution in [-0.2, 0) is 18.3 Å². The number of ether oxygens (including phenoxy) is 1. The smallest absolute Gasteiger partial charge is 0.228 e. The van der Waals surface area contributed by atoms with Crippen molar-refractivity contribution in [2.45, 2.75) is 13.3 Å². The number of hydrogen-bond donors (Lipinski definition) is 0. The average molecular weight is 328 g/mol. The van der Waals surface area contributed by atoms with Gasteiger partial charge in [0.25, 0.3) is 0 Å². The predicted molar refractivity (Wildman–Crippen MR) is 93.4 cm³/mol. The van der Waals surface area contributed by atoms with Crippen molar-refractivity contribution in [2.24, 2.45) is 7.05 Å². The summed E-state index contributed by atoms with van der Waals surface area (Å²) < 4.78 is 6.99. The van der Waals surface area contributed by atoms with E-state index < -0.39 is 0 Å². The van der Waals surface area contributed by atoms with Crippen LogP contribution in [0, 0.1) is 6.92 Å². The van der Waals surface area contributed by atoms with Crippen LogP contribution in [-0.4, -0.2) is 53.9 Å². The second-order valence-corrected chi connectivity index (χ2v) is 6.14. The molecule has 1 aliphatic heterocycles. The number of carbonyl (C=O) groups is 1. The van der Waals surface area contributed by atoms with Gasteiger partial charge in [-0.15, -0.1) is 0 Å². The molecule has 0 unspecified atom stereocenters. The van der Waals surface area contributed by atoms with E-state index >= 15 is 0 Å². The summed E-state index contributed by atoms with van der Waals surface area (Å²) in [5.41, 5.74) is 3.09. The Morgan fingerprint density at radius 3 is 2.38 bits per heavy atom. The fourth-order valence-electron chi connectivity index (χ4n) is 3.10. The zero-order valence-electron chi connectivity index (χ0n) is 14.5. The standard InChI is InChI=1S/C18H24N4O2/c1-14-12-16(20(2)19-14)13-18(23)22-10-8-21(9-11-22)15-4-6-17(24-3)7-5-15/h4-7,12H,8-11,13H2,1-3H3. The predicted octanol–water partition coefficient (Wildman–Crippen LogP) is 1.63. The second-order valence-electron chi connectivity index (χ2n) is 6.14. The molecule has 0 bridgehead atoms. The van der Waals surface area contributed by atoms with Crippen molar-refractivity contribution in [3.05, 3.63) is 41.7 Å². The number of rotatable bonds is 4. The largest absolute Gasteiger partial charge is 0.497 e. The number of benzene rings is 1. The van der Waals surface area contributed by atoms with Crippen molar-refractivity contribution in [2.75, 3.05) is 38.2 Å². The third-order valence-corrected chi connectivity index (χ3v) is 4.50. The van der Waals surface area contributed by atoms with Crippen LogP contribution in [0.2, 0.25) is 0 Å². The molecule has 3 rings (SSSR count). The van der Waals surface area contributed by atoms with Gasteiger partial charge in [0.05, 0.1) is 19.2 Å². The van der Waals surface area contributed by atoms with Crippen LogP contribution in [0.25, 0.3) is 0 Å². The molecule has 0 saturated carbocycles. The number of anilines is 1. The van der Waals surface area contributed by atoms with E-state index in [1.54, 1.807) is 11.8 Å². The van der Waals surface area contributed by atoms with Crippen molar-refractivity contribution in [3.8, 4) is 5.75 Å². The summed E-state index contributed by atoms with van der Waals surface area (Å²) in [7, 11) is 3.56. The third kappa shape index (κ3) is 3.53. The Bertz CT molecular complexity index is 700. The van der Waals surface area contributed by atoms with Crippen LogP contribution < -0.4 is 9.64 Å². The fourth-order valence-corrected chi connectivity index (χ4v) is 3.10. The van der Waals surface area contributed by atoms with Crippen molar-refractivity contribution in [1.82, 2.24) is 14.7 Å². The van der Waals surface area contributed by atoms with E-state index in [4.69, 9.17) is 4.74 Å². The first-order valence-corrected chi connectivity index (χ1v) is 8.23. The lowest BCUT2D eigenvalue weighted by atomic mass is 10.2. The first-order valence-electron chi connectivity index (χ1n) is 8.23. The Balaban J connectivity index is 1.56. The molecule has 1 amide bonds. The molecule has 2 aromatic rings. The Labute approximate surface area is 142 Å².